The lowest BCUT2D eigenvalue weighted by Gasteiger charge is -2.16. The van der Waals surface area contributed by atoms with E-state index in [2.05, 4.69) is 10.3 Å². The zero-order valence-electron chi connectivity index (χ0n) is 10.3. The van der Waals surface area contributed by atoms with Gasteiger partial charge in [0.2, 0.25) is 5.56 Å². The van der Waals surface area contributed by atoms with Crippen LogP contribution >= 0.6 is 0 Å². The molecule has 0 aliphatic heterocycles. The van der Waals surface area contributed by atoms with Crippen LogP contribution in [0.15, 0.2) is 23.1 Å². The second kappa shape index (κ2) is 6.00. The average molecular weight is 252 g/mol. The topological polar surface area (TPSA) is 99.3 Å². The highest BCUT2D eigenvalue weighted by Gasteiger charge is 2.21. The SMILES string of the molecule is CC(C)C[C@H](NC(=O)c1cc[nH]c(=O)c1)C(=O)O. The summed E-state index contributed by atoms with van der Waals surface area (Å²) in [5.74, 6) is -1.50. The number of carboxylic acids is 1. The van der Waals surface area contributed by atoms with Crippen LogP contribution in [0.25, 0.3) is 0 Å². The number of nitrogens with one attached hydrogen (secondary N) is 2. The Balaban J connectivity index is 2.78. The summed E-state index contributed by atoms with van der Waals surface area (Å²) in [6.07, 6.45) is 1.68. The van der Waals surface area contributed by atoms with Gasteiger partial charge in [-0.15, -0.1) is 0 Å². The fraction of sp³-hybridized carbons (Fsp3) is 0.417. The molecule has 0 saturated carbocycles. The highest BCUT2D eigenvalue weighted by Crippen LogP contribution is 2.06. The summed E-state index contributed by atoms with van der Waals surface area (Å²) < 4.78 is 0. The van der Waals surface area contributed by atoms with Crippen molar-refractivity contribution in [2.24, 2.45) is 5.92 Å². The highest BCUT2D eigenvalue weighted by molar-refractivity contribution is 5.96. The maximum absolute atomic E-state index is 11.8. The van der Waals surface area contributed by atoms with E-state index in [9.17, 15) is 14.4 Å². The van der Waals surface area contributed by atoms with Crippen molar-refractivity contribution in [1.82, 2.24) is 10.3 Å². The number of hydrogen-bond acceptors (Lipinski definition) is 3. The van der Waals surface area contributed by atoms with Crippen LogP contribution < -0.4 is 10.9 Å². The number of carbonyl (C=O) groups excluding carboxylic acids is 1. The van der Waals surface area contributed by atoms with Gasteiger partial charge in [-0.1, -0.05) is 13.8 Å². The molecule has 1 aromatic rings. The molecule has 0 saturated heterocycles. The molecule has 98 valence electrons. The van der Waals surface area contributed by atoms with E-state index in [1.807, 2.05) is 13.8 Å². The lowest BCUT2D eigenvalue weighted by Crippen LogP contribution is -2.41. The first kappa shape index (κ1) is 14.0. The van der Waals surface area contributed by atoms with Crippen LogP contribution in [0, 0.1) is 5.92 Å². The van der Waals surface area contributed by atoms with Gasteiger partial charge in [0.1, 0.15) is 6.04 Å². The molecule has 1 aromatic heterocycles. The first-order valence-electron chi connectivity index (χ1n) is 5.62. The zero-order chi connectivity index (χ0) is 13.7. The Morgan fingerprint density at radius 3 is 2.61 bits per heavy atom. The molecular weight excluding hydrogens is 236 g/mol. The van der Waals surface area contributed by atoms with E-state index < -0.39 is 23.5 Å². The number of aromatic nitrogens is 1. The molecule has 3 N–H and O–H groups in total. The maximum atomic E-state index is 11.8. The minimum atomic E-state index is -1.08. The first-order valence-corrected chi connectivity index (χ1v) is 5.62. The van der Waals surface area contributed by atoms with E-state index in [0.29, 0.717) is 6.42 Å². The highest BCUT2D eigenvalue weighted by atomic mass is 16.4. The molecule has 0 bridgehead atoms. The lowest BCUT2D eigenvalue weighted by atomic mass is 10.0. The summed E-state index contributed by atoms with van der Waals surface area (Å²) >= 11 is 0. The summed E-state index contributed by atoms with van der Waals surface area (Å²) in [5, 5.41) is 11.4. The van der Waals surface area contributed by atoms with Crippen molar-refractivity contribution in [2.45, 2.75) is 26.3 Å². The Hall–Kier alpha value is -2.11. The van der Waals surface area contributed by atoms with Gasteiger partial charge in [0.25, 0.3) is 5.91 Å². The summed E-state index contributed by atoms with van der Waals surface area (Å²) in [6, 6.07) is 1.60. The fourth-order valence-corrected chi connectivity index (χ4v) is 1.52. The first-order chi connectivity index (χ1) is 8.40. The summed E-state index contributed by atoms with van der Waals surface area (Å²) in [7, 11) is 0. The molecule has 0 aliphatic carbocycles. The Labute approximate surface area is 104 Å². The minimum absolute atomic E-state index is 0.144. The third-order valence-corrected chi connectivity index (χ3v) is 2.35. The standard InChI is InChI=1S/C12H16N2O4/c1-7(2)5-9(12(17)18)14-11(16)8-3-4-13-10(15)6-8/h3-4,6-7,9H,5H2,1-2H3,(H,13,15)(H,14,16)(H,17,18)/t9-/m0/s1. The van der Waals surface area contributed by atoms with E-state index >= 15 is 0 Å². The molecule has 0 unspecified atom stereocenters. The quantitative estimate of drug-likeness (QED) is 0.714. The van der Waals surface area contributed by atoms with Crippen LogP contribution in [0.5, 0.6) is 0 Å². The zero-order valence-corrected chi connectivity index (χ0v) is 10.3. The molecule has 0 radical (unpaired) electrons. The van der Waals surface area contributed by atoms with Crippen LogP contribution in [-0.4, -0.2) is 28.0 Å². The normalized spacial score (nSPS) is 12.2. The van der Waals surface area contributed by atoms with Gasteiger partial charge >= 0.3 is 5.97 Å². The lowest BCUT2D eigenvalue weighted by molar-refractivity contribution is -0.139. The predicted octanol–water partition coefficient (Wildman–Crippen LogP) is 0.604. The Morgan fingerprint density at radius 1 is 1.44 bits per heavy atom. The smallest absolute Gasteiger partial charge is 0.326 e. The predicted molar refractivity (Wildman–Crippen MR) is 65.4 cm³/mol. The van der Waals surface area contributed by atoms with Crippen LogP contribution in [0.3, 0.4) is 0 Å². The van der Waals surface area contributed by atoms with Gasteiger partial charge < -0.3 is 15.4 Å². The van der Waals surface area contributed by atoms with Crippen LogP contribution in [0.2, 0.25) is 0 Å². The van der Waals surface area contributed by atoms with Crippen molar-refractivity contribution >= 4 is 11.9 Å². The van der Waals surface area contributed by atoms with E-state index in [-0.39, 0.29) is 11.5 Å². The molecule has 1 rings (SSSR count). The van der Waals surface area contributed by atoms with Crippen molar-refractivity contribution < 1.29 is 14.7 Å². The Morgan fingerprint density at radius 2 is 2.11 bits per heavy atom. The third kappa shape index (κ3) is 4.04. The van der Waals surface area contributed by atoms with Crippen molar-refractivity contribution in [3.05, 3.63) is 34.2 Å². The summed E-state index contributed by atoms with van der Waals surface area (Å²) in [4.78, 5) is 36.2. The molecule has 0 aliphatic rings. The molecule has 1 heterocycles. The molecule has 1 amide bonds. The van der Waals surface area contributed by atoms with Gasteiger partial charge in [0, 0.05) is 17.8 Å². The van der Waals surface area contributed by atoms with Gasteiger partial charge in [-0.25, -0.2) is 4.79 Å². The molecule has 0 spiro atoms. The van der Waals surface area contributed by atoms with E-state index in [1.54, 1.807) is 0 Å². The van der Waals surface area contributed by atoms with Crippen molar-refractivity contribution in [2.75, 3.05) is 0 Å². The monoisotopic (exact) mass is 252 g/mol. The Kier molecular flexibility index (Phi) is 4.65. The van der Waals surface area contributed by atoms with E-state index in [0.717, 1.165) is 6.07 Å². The van der Waals surface area contributed by atoms with Crippen LogP contribution in [-0.2, 0) is 4.79 Å². The van der Waals surface area contributed by atoms with Crippen molar-refractivity contribution in [3.8, 4) is 0 Å². The van der Waals surface area contributed by atoms with Crippen molar-refractivity contribution in [1.29, 1.82) is 0 Å². The molecule has 6 heteroatoms. The van der Waals surface area contributed by atoms with Gasteiger partial charge in [-0.05, 0) is 18.4 Å². The number of hydrogen-bond donors (Lipinski definition) is 3. The molecule has 0 fully saturated rings. The Bertz CT molecular complexity index is 493. The number of H-pyrrole nitrogens is 1. The van der Waals surface area contributed by atoms with Gasteiger partial charge in [-0.2, -0.15) is 0 Å². The van der Waals surface area contributed by atoms with E-state index in [1.165, 1.54) is 12.3 Å². The molecule has 6 nitrogen and oxygen atoms in total. The second-order valence-electron chi connectivity index (χ2n) is 4.44. The number of aromatic amines is 1. The number of amides is 1. The average Bonchev–Trinajstić information content (AvgIpc) is 2.27. The summed E-state index contributed by atoms with van der Waals surface area (Å²) in [5.41, 5.74) is -0.257. The number of aliphatic carboxylic acids is 1. The summed E-state index contributed by atoms with van der Waals surface area (Å²) in [6.45, 7) is 3.74. The molecule has 18 heavy (non-hydrogen) atoms. The van der Waals surface area contributed by atoms with Crippen molar-refractivity contribution in [3.63, 3.8) is 0 Å². The number of carbonyl (C=O) groups is 2. The number of carboxylic acid groups (broad SMARTS) is 1. The second-order valence-corrected chi connectivity index (χ2v) is 4.44. The van der Waals surface area contributed by atoms with Gasteiger partial charge in [0.05, 0.1) is 0 Å². The number of pyridine rings is 1. The maximum Gasteiger partial charge on any atom is 0.326 e. The fourth-order valence-electron chi connectivity index (χ4n) is 1.52. The molecule has 1 atom stereocenters. The van der Waals surface area contributed by atoms with Crippen LogP contribution in [0.4, 0.5) is 0 Å². The van der Waals surface area contributed by atoms with Gasteiger partial charge in [0.15, 0.2) is 0 Å². The molecule has 0 aromatic carbocycles. The largest absolute Gasteiger partial charge is 0.480 e. The number of rotatable bonds is 5. The van der Waals surface area contributed by atoms with Crippen LogP contribution in [0.1, 0.15) is 30.6 Å². The minimum Gasteiger partial charge on any atom is -0.480 e. The third-order valence-electron chi connectivity index (χ3n) is 2.35. The molecular formula is C12H16N2O4. The van der Waals surface area contributed by atoms with Gasteiger partial charge in [-0.3, -0.25) is 9.59 Å². The van der Waals surface area contributed by atoms with E-state index in [4.69, 9.17) is 5.11 Å².